The second-order valence-corrected chi connectivity index (χ2v) is 4.99. The number of nitrogens with zero attached hydrogens (tertiary/aromatic N) is 1. The van der Waals surface area contributed by atoms with Crippen molar-refractivity contribution in [3.63, 3.8) is 0 Å². The van der Waals surface area contributed by atoms with E-state index in [0.717, 1.165) is 51.3 Å². The predicted octanol–water partition coefficient (Wildman–Crippen LogP) is 2.20. The zero-order valence-corrected chi connectivity index (χ0v) is 11.6. The highest BCUT2D eigenvalue weighted by Gasteiger charge is 2.13. The monoisotopic (exact) mass is 266 g/mol. The number of nitrogens with one attached hydrogen (secondary N) is 1. The molecule has 0 spiro atoms. The van der Waals surface area contributed by atoms with Gasteiger partial charge in [0.1, 0.15) is 5.82 Å². The normalized spacial score (nSPS) is 19.1. The van der Waals surface area contributed by atoms with E-state index in [1.165, 1.54) is 12.1 Å². The Kier molecular flexibility index (Phi) is 5.76. The van der Waals surface area contributed by atoms with Crippen molar-refractivity contribution >= 4 is 0 Å². The molecule has 106 valence electrons. The second-order valence-electron chi connectivity index (χ2n) is 4.99. The first-order valence-electron chi connectivity index (χ1n) is 7.02. The van der Waals surface area contributed by atoms with Gasteiger partial charge in [-0.3, -0.25) is 0 Å². The summed E-state index contributed by atoms with van der Waals surface area (Å²) < 4.78 is 18.4. The smallest absolute Gasteiger partial charge is 0.123 e. The Labute approximate surface area is 114 Å². The molecule has 0 aliphatic carbocycles. The molecule has 0 aromatic heterocycles. The molecule has 19 heavy (non-hydrogen) atoms. The van der Waals surface area contributed by atoms with Crippen LogP contribution in [0.25, 0.3) is 0 Å². The molecule has 1 saturated heterocycles. The third kappa shape index (κ3) is 4.56. The topological polar surface area (TPSA) is 24.5 Å². The lowest BCUT2D eigenvalue weighted by molar-refractivity contribution is 0.140. The Balaban J connectivity index is 1.86. The third-order valence-corrected chi connectivity index (χ3v) is 3.67. The fourth-order valence-corrected chi connectivity index (χ4v) is 2.51. The summed E-state index contributed by atoms with van der Waals surface area (Å²) in [5, 5.41) is 3.31. The van der Waals surface area contributed by atoms with Gasteiger partial charge >= 0.3 is 0 Å². The SMILES string of the molecule is CNC(CCN1CCCOCC1)c1ccc(F)cc1. The fraction of sp³-hybridized carbons (Fsp3) is 0.600. The zero-order valence-electron chi connectivity index (χ0n) is 11.6. The minimum absolute atomic E-state index is 0.178. The quantitative estimate of drug-likeness (QED) is 0.884. The number of hydrogen-bond acceptors (Lipinski definition) is 3. The van der Waals surface area contributed by atoms with E-state index in [9.17, 15) is 4.39 Å². The maximum absolute atomic E-state index is 12.9. The van der Waals surface area contributed by atoms with Gasteiger partial charge in [-0.2, -0.15) is 0 Å². The molecular weight excluding hydrogens is 243 g/mol. The molecule has 0 radical (unpaired) electrons. The lowest BCUT2D eigenvalue weighted by Crippen LogP contribution is -2.30. The van der Waals surface area contributed by atoms with Crippen molar-refractivity contribution in [2.24, 2.45) is 0 Å². The van der Waals surface area contributed by atoms with Crippen molar-refractivity contribution in [1.29, 1.82) is 0 Å². The first-order valence-corrected chi connectivity index (χ1v) is 7.02. The molecule has 1 aliphatic rings. The Morgan fingerprint density at radius 1 is 1.26 bits per heavy atom. The van der Waals surface area contributed by atoms with Gasteiger partial charge in [-0.25, -0.2) is 4.39 Å². The van der Waals surface area contributed by atoms with E-state index < -0.39 is 0 Å². The predicted molar refractivity (Wildman–Crippen MR) is 74.7 cm³/mol. The Morgan fingerprint density at radius 2 is 2.05 bits per heavy atom. The van der Waals surface area contributed by atoms with Gasteiger partial charge in [0.15, 0.2) is 0 Å². The summed E-state index contributed by atoms with van der Waals surface area (Å²) >= 11 is 0. The molecule has 1 atom stereocenters. The number of ether oxygens (including phenoxy) is 1. The van der Waals surface area contributed by atoms with Gasteiger partial charge in [-0.1, -0.05) is 12.1 Å². The fourth-order valence-electron chi connectivity index (χ4n) is 2.51. The summed E-state index contributed by atoms with van der Waals surface area (Å²) in [6, 6.07) is 7.06. The van der Waals surface area contributed by atoms with Crippen LogP contribution in [0.4, 0.5) is 4.39 Å². The van der Waals surface area contributed by atoms with Crippen LogP contribution in [0, 0.1) is 5.82 Å². The molecule has 1 N–H and O–H groups in total. The maximum atomic E-state index is 12.9. The largest absolute Gasteiger partial charge is 0.380 e. The molecule has 1 aromatic rings. The van der Waals surface area contributed by atoms with E-state index >= 15 is 0 Å². The Morgan fingerprint density at radius 3 is 2.79 bits per heavy atom. The lowest BCUT2D eigenvalue weighted by Gasteiger charge is -2.23. The van der Waals surface area contributed by atoms with Crippen LogP contribution in [-0.4, -0.2) is 44.8 Å². The molecule has 0 saturated carbocycles. The van der Waals surface area contributed by atoms with E-state index in [4.69, 9.17) is 4.74 Å². The minimum atomic E-state index is -0.178. The molecule has 1 aliphatic heterocycles. The summed E-state index contributed by atoms with van der Waals surface area (Å²) in [5.41, 5.74) is 1.15. The molecule has 1 aromatic carbocycles. The molecule has 0 amide bonds. The van der Waals surface area contributed by atoms with E-state index in [1.807, 2.05) is 19.2 Å². The number of halogens is 1. The van der Waals surface area contributed by atoms with Crippen LogP contribution in [-0.2, 0) is 4.74 Å². The first-order chi connectivity index (χ1) is 9.29. The van der Waals surface area contributed by atoms with Crippen LogP contribution in [0.15, 0.2) is 24.3 Å². The average Bonchev–Trinajstić information content (AvgIpc) is 2.70. The number of hydrogen-bond donors (Lipinski definition) is 1. The van der Waals surface area contributed by atoms with Crippen molar-refractivity contribution in [2.75, 3.05) is 39.9 Å². The Bertz CT molecular complexity index is 361. The second kappa shape index (κ2) is 7.58. The van der Waals surface area contributed by atoms with Gasteiger partial charge < -0.3 is 15.0 Å². The number of benzene rings is 1. The lowest BCUT2D eigenvalue weighted by atomic mass is 10.0. The molecule has 1 heterocycles. The standard InChI is InChI=1S/C15H23FN2O/c1-17-15(13-3-5-14(16)6-4-13)7-9-18-8-2-11-19-12-10-18/h3-6,15,17H,2,7-12H2,1H3. The van der Waals surface area contributed by atoms with Crippen LogP contribution in [0.5, 0.6) is 0 Å². The van der Waals surface area contributed by atoms with Gasteiger partial charge in [-0.15, -0.1) is 0 Å². The van der Waals surface area contributed by atoms with Crippen LogP contribution in [0.2, 0.25) is 0 Å². The third-order valence-electron chi connectivity index (χ3n) is 3.67. The van der Waals surface area contributed by atoms with Crippen LogP contribution in [0.3, 0.4) is 0 Å². The average molecular weight is 266 g/mol. The molecule has 3 nitrogen and oxygen atoms in total. The van der Waals surface area contributed by atoms with E-state index in [2.05, 4.69) is 10.2 Å². The summed E-state index contributed by atoms with van der Waals surface area (Å²) in [5.74, 6) is -0.178. The molecular formula is C15H23FN2O. The molecule has 0 bridgehead atoms. The van der Waals surface area contributed by atoms with Gasteiger partial charge in [0.05, 0.1) is 6.61 Å². The van der Waals surface area contributed by atoms with Crippen molar-refractivity contribution < 1.29 is 9.13 Å². The van der Waals surface area contributed by atoms with Gasteiger partial charge in [0.2, 0.25) is 0 Å². The Hall–Kier alpha value is -0.970. The summed E-state index contributed by atoms with van der Waals surface area (Å²) in [7, 11) is 1.96. The van der Waals surface area contributed by atoms with Crippen LogP contribution >= 0.6 is 0 Å². The maximum Gasteiger partial charge on any atom is 0.123 e. The van der Waals surface area contributed by atoms with Gasteiger partial charge in [-0.05, 0) is 37.6 Å². The van der Waals surface area contributed by atoms with Gasteiger partial charge in [0, 0.05) is 32.3 Å². The number of rotatable bonds is 5. The minimum Gasteiger partial charge on any atom is -0.380 e. The van der Waals surface area contributed by atoms with Crippen molar-refractivity contribution in [2.45, 2.75) is 18.9 Å². The highest BCUT2D eigenvalue weighted by molar-refractivity contribution is 5.19. The first kappa shape index (κ1) is 14.4. The van der Waals surface area contributed by atoms with E-state index in [0.29, 0.717) is 0 Å². The summed E-state index contributed by atoms with van der Waals surface area (Å²) in [6.45, 7) is 4.89. The van der Waals surface area contributed by atoms with E-state index in [-0.39, 0.29) is 11.9 Å². The van der Waals surface area contributed by atoms with Crippen molar-refractivity contribution in [3.05, 3.63) is 35.6 Å². The van der Waals surface area contributed by atoms with Crippen LogP contribution < -0.4 is 5.32 Å². The molecule has 1 fully saturated rings. The molecule has 1 unspecified atom stereocenters. The zero-order chi connectivity index (χ0) is 13.5. The summed E-state index contributed by atoms with van der Waals surface area (Å²) in [6.07, 6.45) is 2.14. The van der Waals surface area contributed by atoms with Crippen molar-refractivity contribution in [1.82, 2.24) is 10.2 Å². The molecule has 4 heteroatoms. The highest BCUT2D eigenvalue weighted by Crippen LogP contribution is 2.17. The molecule has 2 rings (SSSR count). The highest BCUT2D eigenvalue weighted by atomic mass is 19.1. The van der Waals surface area contributed by atoms with Crippen molar-refractivity contribution in [3.8, 4) is 0 Å². The van der Waals surface area contributed by atoms with Gasteiger partial charge in [0.25, 0.3) is 0 Å². The van der Waals surface area contributed by atoms with Crippen LogP contribution in [0.1, 0.15) is 24.4 Å². The summed E-state index contributed by atoms with van der Waals surface area (Å²) in [4.78, 5) is 2.45. The van der Waals surface area contributed by atoms with E-state index in [1.54, 1.807) is 0 Å².